The minimum absolute atomic E-state index is 0.0323. The van der Waals surface area contributed by atoms with Crippen LogP contribution in [0.4, 0.5) is 0 Å². The summed E-state index contributed by atoms with van der Waals surface area (Å²) in [7, 11) is 0. The Morgan fingerprint density at radius 3 is 2.84 bits per heavy atom. The van der Waals surface area contributed by atoms with Crippen molar-refractivity contribution in [3.05, 3.63) is 34.9 Å². The zero-order valence-corrected chi connectivity index (χ0v) is 11.7. The Balaban J connectivity index is 1.85. The third-order valence-corrected chi connectivity index (χ3v) is 3.57. The summed E-state index contributed by atoms with van der Waals surface area (Å²) in [5.41, 5.74) is 3.56. The molecule has 0 spiro atoms. The highest BCUT2D eigenvalue weighted by molar-refractivity contribution is 5.94. The second-order valence-corrected chi connectivity index (χ2v) is 5.00. The summed E-state index contributed by atoms with van der Waals surface area (Å²) in [6.07, 6.45) is 5.65. The quantitative estimate of drug-likeness (QED) is 0.800. The van der Waals surface area contributed by atoms with Crippen LogP contribution in [0.5, 0.6) is 0 Å². The lowest BCUT2D eigenvalue weighted by atomic mass is 9.90. The predicted octanol–water partition coefficient (Wildman–Crippen LogP) is 2.72. The molecule has 1 aromatic rings. The third-order valence-electron chi connectivity index (χ3n) is 3.57. The van der Waals surface area contributed by atoms with Crippen molar-refractivity contribution in [2.45, 2.75) is 39.0 Å². The van der Waals surface area contributed by atoms with Gasteiger partial charge in [0.1, 0.15) is 0 Å². The number of hydrogen-bond donors (Lipinski definition) is 1. The molecule has 0 aromatic heterocycles. The first kappa shape index (κ1) is 14.1. The van der Waals surface area contributed by atoms with Gasteiger partial charge in [0.05, 0.1) is 0 Å². The van der Waals surface area contributed by atoms with Crippen LogP contribution in [-0.2, 0) is 17.6 Å². The van der Waals surface area contributed by atoms with E-state index >= 15 is 0 Å². The van der Waals surface area contributed by atoms with Gasteiger partial charge in [0.2, 0.25) is 0 Å². The zero-order valence-electron chi connectivity index (χ0n) is 11.7. The normalized spacial score (nSPS) is 13.9. The van der Waals surface area contributed by atoms with Gasteiger partial charge in [0, 0.05) is 25.3 Å². The molecular formula is C16H23NO2. The zero-order chi connectivity index (χ0) is 13.5. The van der Waals surface area contributed by atoms with Gasteiger partial charge in [0.25, 0.3) is 5.91 Å². The molecule has 0 fully saturated rings. The minimum atomic E-state index is 0.0323. The number of amides is 1. The molecule has 0 atom stereocenters. The van der Waals surface area contributed by atoms with Crippen LogP contribution in [0.2, 0.25) is 0 Å². The molecule has 19 heavy (non-hydrogen) atoms. The molecule has 1 aromatic carbocycles. The molecule has 0 bridgehead atoms. The first-order valence-electron chi connectivity index (χ1n) is 7.29. The fraction of sp³-hybridized carbons (Fsp3) is 0.562. The number of carbonyl (C=O) groups is 1. The van der Waals surface area contributed by atoms with Crippen molar-refractivity contribution in [1.29, 1.82) is 0 Å². The summed E-state index contributed by atoms with van der Waals surface area (Å²) in [6, 6.07) is 6.12. The van der Waals surface area contributed by atoms with E-state index < -0.39 is 0 Å². The maximum Gasteiger partial charge on any atom is 0.251 e. The Morgan fingerprint density at radius 2 is 2.05 bits per heavy atom. The number of aryl methyl sites for hydroxylation is 2. The van der Waals surface area contributed by atoms with Crippen LogP contribution < -0.4 is 5.32 Å². The lowest BCUT2D eigenvalue weighted by Gasteiger charge is -2.16. The summed E-state index contributed by atoms with van der Waals surface area (Å²) in [5.74, 6) is 0.0323. The van der Waals surface area contributed by atoms with Crippen LogP contribution in [0, 0.1) is 0 Å². The Kier molecular flexibility index (Phi) is 5.40. The van der Waals surface area contributed by atoms with E-state index in [0.29, 0.717) is 13.2 Å². The molecule has 1 aliphatic rings. The number of fused-ring (bicyclic) bond motifs is 1. The minimum Gasteiger partial charge on any atom is -0.382 e. The average Bonchev–Trinajstić information content (AvgIpc) is 2.46. The van der Waals surface area contributed by atoms with Crippen LogP contribution in [0.3, 0.4) is 0 Å². The van der Waals surface area contributed by atoms with Crippen LogP contribution in [0.25, 0.3) is 0 Å². The van der Waals surface area contributed by atoms with E-state index in [9.17, 15) is 4.79 Å². The van der Waals surface area contributed by atoms with E-state index in [0.717, 1.165) is 31.4 Å². The molecule has 0 saturated carbocycles. The molecule has 1 N–H and O–H groups in total. The number of rotatable bonds is 6. The standard InChI is InChI=1S/C16H23NO2/c1-2-19-11-5-10-17-16(18)15-9-8-13-6-3-4-7-14(13)12-15/h8-9,12H,2-7,10-11H2,1H3,(H,17,18). The summed E-state index contributed by atoms with van der Waals surface area (Å²) in [4.78, 5) is 12.0. The molecule has 0 unspecified atom stereocenters. The van der Waals surface area contributed by atoms with Crippen molar-refractivity contribution < 1.29 is 9.53 Å². The van der Waals surface area contributed by atoms with E-state index in [1.54, 1.807) is 0 Å². The molecule has 0 saturated heterocycles. The predicted molar refractivity (Wildman–Crippen MR) is 76.5 cm³/mol. The lowest BCUT2D eigenvalue weighted by Crippen LogP contribution is -2.25. The number of ether oxygens (including phenoxy) is 1. The molecule has 2 rings (SSSR count). The molecule has 0 aliphatic heterocycles. The van der Waals surface area contributed by atoms with E-state index in [1.165, 1.54) is 24.0 Å². The van der Waals surface area contributed by atoms with Gasteiger partial charge in [-0.25, -0.2) is 0 Å². The van der Waals surface area contributed by atoms with E-state index in [1.807, 2.05) is 13.0 Å². The van der Waals surface area contributed by atoms with Gasteiger partial charge in [-0.05, 0) is 62.3 Å². The smallest absolute Gasteiger partial charge is 0.251 e. The molecular weight excluding hydrogens is 238 g/mol. The van der Waals surface area contributed by atoms with Gasteiger partial charge >= 0.3 is 0 Å². The summed E-state index contributed by atoms with van der Waals surface area (Å²) in [5, 5.41) is 2.95. The summed E-state index contributed by atoms with van der Waals surface area (Å²) >= 11 is 0. The number of hydrogen-bond acceptors (Lipinski definition) is 2. The van der Waals surface area contributed by atoms with E-state index in [2.05, 4.69) is 17.4 Å². The van der Waals surface area contributed by atoms with Crippen molar-refractivity contribution in [3.63, 3.8) is 0 Å². The van der Waals surface area contributed by atoms with Crippen molar-refractivity contribution in [3.8, 4) is 0 Å². The highest BCUT2D eigenvalue weighted by atomic mass is 16.5. The molecule has 1 aliphatic carbocycles. The molecule has 3 heteroatoms. The molecule has 1 amide bonds. The van der Waals surface area contributed by atoms with E-state index in [4.69, 9.17) is 4.74 Å². The fourth-order valence-corrected chi connectivity index (χ4v) is 2.50. The SMILES string of the molecule is CCOCCCNC(=O)c1ccc2c(c1)CCCC2. The van der Waals surface area contributed by atoms with Crippen molar-refractivity contribution in [2.24, 2.45) is 0 Å². The monoisotopic (exact) mass is 261 g/mol. The van der Waals surface area contributed by atoms with Crippen LogP contribution >= 0.6 is 0 Å². The van der Waals surface area contributed by atoms with Crippen molar-refractivity contribution in [2.75, 3.05) is 19.8 Å². The maximum atomic E-state index is 12.0. The van der Waals surface area contributed by atoms with Gasteiger partial charge in [-0.15, -0.1) is 0 Å². The Labute approximate surface area is 115 Å². The Bertz CT molecular complexity index is 429. The highest BCUT2D eigenvalue weighted by Crippen LogP contribution is 2.22. The van der Waals surface area contributed by atoms with Gasteiger partial charge in [-0.1, -0.05) is 6.07 Å². The molecule has 0 heterocycles. The second-order valence-electron chi connectivity index (χ2n) is 5.00. The topological polar surface area (TPSA) is 38.3 Å². The van der Waals surface area contributed by atoms with Crippen LogP contribution in [-0.4, -0.2) is 25.7 Å². The van der Waals surface area contributed by atoms with E-state index in [-0.39, 0.29) is 5.91 Å². The number of nitrogens with one attached hydrogen (secondary N) is 1. The Morgan fingerprint density at radius 1 is 1.26 bits per heavy atom. The highest BCUT2D eigenvalue weighted by Gasteiger charge is 2.12. The summed E-state index contributed by atoms with van der Waals surface area (Å²) < 4.78 is 5.24. The fourth-order valence-electron chi connectivity index (χ4n) is 2.50. The molecule has 0 radical (unpaired) electrons. The maximum absolute atomic E-state index is 12.0. The van der Waals surface area contributed by atoms with Gasteiger partial charge in [-0.3, -0.25) is 4.79 Å². The van der Waals surface area contributed by atoms with Gasteiger partial charge < -0.3 is 10.1 Å². The lowest BCUT2D eigenvalue weighted by molar-refractivity contribution is 0.0944. The molecule has 104 valence electrons. The number of benzene rings is 1. The van der Waals surface area contributed by atoms with Crippen LogP contribution in [0.1, 0.15) is 47.7 Å². The van der Waals surface area contributed by atoms with Gasteiger partial charge in [0.15, 0.2) is 0 Å². The number of carbonyl (C=O) groups excluding carboxylic acids is 1. The first-order chi connectivity index (χ1) is 9.31. The first-order valence-corrected chi connectivity index (χ1v) is 7.29. The summed E-state index contributed by atoms with van der Waals surface area (Å²) in [6.45, 7) is 4.10. The average molecular weight is 261 g/mol. The second kappa shape index (κ2) is 7.29. The van der Waals surface area contributed by atoms with Crippen molar-refractivity contribution in [1.82, 2.24) is 5.32 Å². The molecule has 3 nitrogen and oxygen atoms in total. The van der Waals surface area contributed by atoms with Gasteiger partial charge in [-0.2, -0.15) is 0 Å². The largest absolute Gasteiger partial charge is 0.382 e. The third kappa shape index (κ3) is 4.06. The Hall–Kier alpha value is -1.35. The van der Waals surface area contributed by atoms with Crippen LogP contribution in [0.15, 0.2) is 18.2 Å². The van der Waals surface area contributed by atoms with Crippen molar-refractivity contribution >= 4 is 5.91 Å².